The Morgan fingerprint density at radius 2 is 1.91 bits per heavy atom. The molecule has 2 atom stereocenters. The zero-order chi connectivity index (χ0) is 23.1. The highest BCUT2D eigenvalue weighted by Crippen LogP contribution is 2.71. The van der Waals surface area contributed by atoms with Gasteiger partial charge in [-0.3, -0.25) is 14.9 Å². The Morgan fingerprint density at radius 1 is 1.19 bits per heavy atom. The molecule has 2 aliphatic rings. The smallest absolute Gasteiger partial charge is 0.365 e. The molecule has 2 fully saturated rings. The van der Waals surface area contributed by atoms with Gasteiger partial charge in [-0.2, -0.15) is 0 Å². The lowest BCUT2D eigenvalue weighted by Crippen LogP contribution is -2.46. The first-order valence-corrected chi connectivity index (χ1v) is 10.4. The van der Waals surface area contributed by atoms with E-state index in [0.717, 1.165) is 12.8 Å². The standard InChI is InChI=1S/C23H25N3O6/c1-21(2)22(3)10-11-23(21,20(28)24-14-17-5-4-12-31-17)13-18(22)25-32-19(27)15-6-8-16(9-7-15)26(29)30/h4-9,12H,10-11,13-14H2,1-3H3,(H,24,28)/b25-18+. The number of hydrogen-bond acceptors (Lipinski definition) is 7. The van der Waals surface area contributed by atoms with Crippen LogP contribution in [0.2, 0.25) is 0 Å². The summed E-state index contributed by atoms with van der Waals surface area (Å²) in [6.45, 7) is 6.49. The summed E-state index contributed by atoms with van der Waals surface area (Å²) in [7, 11) is 0. The summed E-state index contributed by atoms with van der Waals surface area (Å²) in [6, 6.07) is 8.72. The number of nitro groups is 1. The van der Waals surface area contributed by atoms with Crippen molar-refractivity contribution < 1.29 is 23.8 Å². The van der Waals surface area contributed by atoms with Gasteiger partial charge in [-0.1, -0.05) is 25.9 Å². The molecule has 2 aromatic rings. The van der Waals surface area contributed by atoms with Crippen LogP contribution in [0.25, 0.3) is 0 Å². The van der Waals surface area contributed by atoms with Gasteiger partial charge in [0.1, 0.15) is 5.76 Å². The number of carbonyl (C=O) groups excluding carboxylic acids is 2. The zero-order valence-electron chi connectivity index (χ0n) is 18.2. The number of nitrogens with one attached hydrogen (secondary N) is 1. The molecular weight excluding hydrogens is 414 g/mol. The molecule has 4 rings (SSSR count). The second-order valence-electron chi connectivity index (χ2n) is 9.20. The second kappa shape index (κ2) is 7.58. The van der Waals surface area contributed by atoms with Gasteiger partial charge in [0, 0.05) is 24.0 Å². The van der Waals surface area contributed by atoms with Gasteiger partial charge < -0.3 is 14.6 Å². The van der Waals surface area contributed by atoms with Crippen molar-refractivity contribution in [3.63, 3.8) is 0 Å². The minimum Gasteiger partial charge on any atom is -0.467 e. The fourth-order valence-electron chi connectivity index (χ4n) is 5.14. The Bertz CT molecular complexity index is 1090. The summed E-state index contributed by atoms with van der Waals surface area (Å²) in [4.78, 5) is 41.2. The summed E-state index contributed by atoms with van der Waals surface area (Å²) in [5.41, 5.74) is -0.725. The Balaban J connectivity index is 1.51. The monoisotopic (exact) mass is 439 g/mol. The van der Waals surface area contributed by atoms with Crippen LogP contribution < -0.4 is 5.32 Å². The number of fused-ring (bicyclic) bond motifs is 2. The van der Waals surface area contributed by atoms with Crippen molar-refractivity contribution in [2.24, 2.45) is 21.4 Å². The minimum atomic E-state index is -0.701. The molecule has 1 aromatic heterocycles. The third-order valence-electron chi connectivity index (χ3n) is 7.72. The molecule has 0 spiro atoms. The number of amides is 1. The average Bonchev–Trinajstić information content (AvgIpc) is 3.40. The van der Waals surface area contributed by atoms with E-state index in [2.05, 4.69) is 31.2 Å². The average molecular weight is 439 g/mol. The van der Waals surface area contributed by atoms with Crippen molar-refractivity contribution in [1.29, 1.82) is 0 Å². The van der Waals surface area contributed by atoms with E-state index >= 15 is 0 Å². The molecule has 9 heteroatoms. The molecule has 1 N–H and O–H groups in total. The van der Waals surface area contributed by atoms with Gasteiger partial charge >= 0.3 is 5.97 Å². The number of furan rings is 1. The van der Waals surface area contributed by atoms with E-state index in [1.165, 1.54) is 24.3 Å². The highest BCUT2D eigenvalue weighted by atomic mass is 16.7. The van der Waals surface area contributed by atoms with Crippen LogP contribution >= 0.6 is 0 Å². The van der Waals surface area contributed by atoms with E-state index in [0.29, 0.717) is 24.4 Å². The highest BCUT2D eigenvalue weighted by Gasteiger charge is 2.71. The van der Waals surface area contributed by atoms with E-state index in [9.17, 15) is 19.7 Å². The van der Waals surface area contributed by atoms with Crippen molar-refractivity contribution in [3.05, 3.63) is 64.1 Å². The number of rotatable bonds is 6. The number of benzene rings is 1. The lowest BCUT2D eigenvalue weighted by Gasteiger charge is -2.39. The SMILES string of the molecule is CC12CCC(C(=O)NCc3ccco3)(C/C1=N\OC(=O)c1ccc([N+](=O)[O-])cc1)C2(C)C. The Kier molecular flexibility index (Phi) is 5.15. The molecule has 2 bridgehead atoms. The molecule has 2 unspecified atom stereocenters. The van der Waals surface area contributed by atoms with Crippen molar-refractivity contribution >= 4 is 23.3 Å². The molecule has 0 aliphatic heterocycles. The van der Waals surface area contributed by atoms with Crippen LogP contribution in [0.15, 0.2) is 52.2 Å². The Hall–Kier alpha value is -3.49. The van der Waals surface area contributed by atoms with E-state index < -0.39 is 27.1 Å². The molecule has 168 valence electrons. The minimum absolute atomic E-state index is 0.0606. The van der Waals surface area contributed by atoms with Gasteiger partial charge in [-0.25, -0.2) is 4.79 Å². The van der Waals surface area contributed by atoms with Gasteiger partial charge in [-0.05, 0) is 42.5 Å². The third-order valence-corrected chi connectivity index (χ3v) is 7.72. The third kappa shape index (κ3) is 3.19. The number of nitro benzene ring substituents is 1. The molecule has 2 saturated carbocycles. The molecule has 0 saturated heterocycles. The fourth-order valence-corrected chi connectivity index (χ4v) is 5.14. The van der Waals surface area contributed by atoms with Crippen LogP contribution in [0.3, 0.4) is 0 Å². The number of carbonyl (C=O) groups is 2. The first kappa shape index (κ1) is 21.7. The van der Waals surface area contributed by atoms with Crippen LogP contribution in [0.1, 0.15) is 56.2 Å². The maximum atomic E-state index is 13.3. The quantitative estimate of drug-likeness (QED) is 0.408. The van der Waals surface area contributed by atoms with Crippen LogP contribution in [0.4, 0.5) is 5.69 Å². The highest BCUT2D eigenvalue weighted by molar-refractivity contribution is 6.02. The summed E-state index contributed by atoms with van der Waals surface area (Å²) < 4.78 is 5.31. The van der Waals surface area contributed by atoms with Crippen molar-refractivity contribution in [3.8, 4) is 0 Å². The summed E-state index contributed by atoms with van der Waals surface area (Å²) in [5.74, 6) is -0.0837. The number of nitrogens with zero attached hydrogens (tertiary/aromatic N) is 2. The first-order valence-electron chi connectivity index (χ1n) is 10.4. The molecule has 1 heterocycles. The topological polar surface area (TPSA) is 124 Å². The predicted octanol–water partition coefficient (Wildman–Crippen LogP) is 4.23. The first-order chi connectivity index (χ1) is 15.1. The number of oxime groups is 1. The van der Waals surface area contributed by atoms with Gasteiger partial charge in [0.05, 0.1) is 34.4 Å². The second-order valence-corrected chi connectivity index (χ2v) is 9.20. The summed E-state index contributed by atoms with van der Waals surface area (Å²) >= 11 is 0. The maximum Gasteiger partial charge on any atom is 0.365 e. The Morgan fingerprint density at radius 3 is 2.53 bits per heavy atom. The van der Waals surface area contributed by atoms with E-state index in [1.54, 1.807) is 18.4 Å². The molecule has 1 aromatic carbocycles. The largest absolute Gasteiger partial charge is 0.467 e. The van der Waals surface area contributed by atoms with Crippen molar-refractivity contribution in [2.75, 3.05) is 0 Å². The van der Waals surface area contributed by atoms with Gasteiger partial charge in [0.25, 0.3) is 5.69 Å². The predicted molar refractivity (Wildman–Crippen MR) is 115 cm³/mol. The van der Waals surface area contributed by atoms with Crippen LogP contribution in [-0.2, 0) is 16.2 Å². The normalized spacial score (nSPS) is 26.8. The lowest BCUT2D eigenvalue weighted by molar-refractivity contribution is -0.384. The van der Waals surface area contributed by atoms with E-state index in [-0.39, 0.29) is 17.2 Å². The van der Waals surface area contributed by atoms with E-state index in [4.69, 9.17) is 9.25 Å². The zero-order valence-corrected chi connectivity index (χ0v) is 18.2. The van der Waals surface area contributed by atoms with Crippen LogP contribution in [0, 0.1) is 26.4 Å². The van der Waals surface area contributed by atoms with Crippen LogP contribution in [-0.4, -0.2) is 22.5 Å². The molecule has 2 aliphatic carbocycles. The molecule has 1 amide bonds. The molecule has 0 radical (unpaired) electrons. The number of non-ortho nitro benzene ring substituents is 1. The molecular formula is C23H25N3O6. The molecule has 32 heavy (non-hydrogen) atoms. The lowest BCUT2D eigenvalue weighted by atomic mass is 9.64. The number of hydrogen-bond donors (Lipinski definition) is 1. The van der Waals surface area contributed by atoms with E-state index in [1.807, 2.05) is 0 Å². The van der Waals surface area contributed by atoms with Crippen molar-refractivity contribution in [2.45, 2.75) is 46.6 Å². The molecule has 9 nitrogen and oxygen atoms in total. The summed E-state index contributed by atoms with van der Waals surface area (Å²) in [6.07, 6.45) is 3.43. The maximum absolute atomic E-state index is 13.3. The van der Waals surface area contributed by atoms with Crippen LogP contribution in [0.5, 0.6) is 0 Å². The fraction of sp³-hybridized carbons (Fsp3) is 0.435. The van der Waals surface area contributed by atoms with Gasteiger partial charge in [0.2, 0.25) is 5.91 Å². The summed E-state index contributed by atoms with van der Waals surface area (Å²) in [5, 5.41) is 18.0. The van der Waals surface area contributed by atoms with Crippen molar-refractivity contribution in [1.82, 2.24) is 5.32 Å². The van der Waals surface area contributed by atoms with Gasteiger partial charge in [-0.15, -0.1) is 0 Å². The Labute approximate surface area is 185 Å². The van der Waals surface area contributed by atoms with Gasteiger partial charge in [0.15, 0.2) is 0 Å².